The van der Waals surface area contributed by atoms with Crippen molar-refractivity contribution in [3.63, 3.8) is 0 Å². The van der Waals surface area contributed by atoms with Gasteiger partial charge in [0, 0.05) is 51.5 Å². The number of benzene rings is 1. The van der Waals surface area contributed by atoms with E-state index < -0.39 is 6.09 Å². The molecule has 126 valence electrons. The number of carbonyl (C=O) groups is 3. The van der Waals surface area contributed by atoms with Crippen molar-refractivity contribution in [3.8, 4) is 0 Å². The minimum absolute atomic E-state index is 0.0530. The predicted molar refractivity (Wildman–Crippen MR) is 88.0 cm³/mol. The monoisotopic (exact) mass is 321 g/mol. The average Bonchev–Trinajstić information content (AvgIpc) is 2.55. The van der Waals surface area contributed by atoms with Crippen LogP contribution in [0.15, 0.2) is 24.3 Å². The summed E-state index contributed by atoms with van der Waals surface area (Å²) >= 11 is 0. The average molecular weight is 321 g/mol. The number of hydrogen-bond acceptors (Lipinski definition) is 4. The van der Waals surface area contributed by atoms with Gasteiger partial charge in [0.2, 0.25) is 6.41 Å². The van der Waals surface area contributed by atoms with Gasteiger partial charge in [0.15, 0.2) is 5.78 Å². The van der Waals surface area contributed by atoms with Crippen LogP contribution in [0.4, 0.5) is 10.5 Å². The van der Waals surface area contributed by atoms with E-state index in [0.29, 0.717) is 31.7 Å². The number of Topliss-reactive ketones (excluding diaryl/α,β-unsaturated/α-hetero) is 1. The van der Waals surface area contributed by atoms with Crippen LogP contribution in [0.5, 0.6) is 0 Å². The summed E-state index contributed by atoms with van der Waals surface area (Å²) < 4.78 is 0. The molecule has 7 nitrogen and oxygen atoms in total. The molecule has 1 aliphatic heterocycles. The van der Waals surface area contributed by atoms with Crippen LogP contribution < -0.4 is 4.90 Å². The van der Waals surface area contributed by atoms with E-state index in [-0.39, 0.29) is 5.78 Å². The second kappa shape index (κ2) is 8.77. The summed E-state index contributed by atoms with van der Waals surface area (Å²) in [6.45, 7) is 3.95. The molecule has 7 heteroatoms. The van der Waals surface area contributed by atoms with Crippen molar-refractivity contribution >= 4 is 24.0 Å². The van der Waals surface area contributed by atoms with Gasteiger partial charge in [-0.15, -0.1) is 0 Å². The van der Waals surface area contributed by atoms with E-state index in [4.69, 9.17) is 5.11 Å². The minimum atomic E-state index is -0.860. The Hall–Kier alpha value is -2.57. The van der Waals surface area contributed by atoms with Crippen molar-refractivity contribution in [2.45, 2.75) is 6.92 Å². The Balaban J connectivity index is 0.000000463. The van der Waals surface area contributed by atoms with E-state index in [1.54, 1.807) is 33.2 Å². The van der Waals surface area contributed by atoms with Crippen LogP contribution >= 0.6 is 0 Å². The third kappa shape index (κ3) is 5.98. The molecule has 0 atom stereocenters. The summed E-state index contributed by atoms with van der Waals surface area (Å²) in [4.78, 5) is 36.4. The second-order valence-electron chi connectivity index (χ2n) is 5.43. The highest BCUT2D eigenvalue weighted by Gasteiger charge is 2.20. The first-order valence-electron chi connectivity index (χ1n) is 7.30. The van der Waals surface area contributed by atoms with E-state index in [1.165, 1.54) is 9.80 Å². The molecule has 1 aromatic rings. The molecule has 1 saturated heterocycles. The predicted octanol–water partition coefficient (Wildman–Crippen LogP) is 1.39. The highest BCUT2D eigenvalue weighted by atomic mass is 16.4. The molecule has 2 rings (SSSR count). The van der Waals surface area contributed by atoms with Gasteiger partial charge in [-0.1, -0.05) is 0 Å². The van der Waals surface area contributed by atoms with E-state index in [0.717, 1.165) is 12.1 Å². The number of rotatable bonds is 3. The quantitative estimate of drug-likeness (QED) is 0.672. The zero-order valence-electron chi connectivity index (χ0n) is 13.7. The number of nitrogens with zero attached hydrogens (tertiary/aromatic N) is 3. The minimum Gasteiger partial charge on any atom is -0.465 e. The molecule has 0 spiro atoms. The first-order chi connectivity index (χ1) is 10.8. The van der Waals surface area contributed by atoms with Gasteiger partial charge in [-0.2, -0.15) is 0 Å². The molecule has 0 bridgehead atoms. The SMILES string of the molecule is CC(=O)c1ccc(N2CCN(C(=O)O)CC2)cc1.CN(C)C=O. The lowest BCUT2D eigenvalue weighted by atomic mass is 10.1. The van der Waals surface area contributed by atoms with Crippen LogP contribution in [0.2, 0.25) is 0 Å². The van der Waals surface area contributed by atoms with Gasteiger partial charge in [-0.05, 0) is 31.2 Å². The maximum absolute atomic E-state index is 11.2. The highest BCUT2D eigenvalue weighted by molar-refractivity contribution is 5.94. The number of piperazine rings is 1. The van der Waals surface area contributed by atoms with Crippen LogP contribution in [0.3, 0.4) is 0 Å². The maximum Gasteiger partial charge on any atom is 0.407 e. The molecule has 1 heterocycles. The molecular formula is C16H23N3O4. The van der Waals surface area contributed by atoms with E-state index >= 15 is 0 Å². The Morgan fingerprint density at radius 1 is 1.09 bits per heavy atom. The lowest BCUT2D eigenvalue weighted by Gasteiger charge is -2.34. The first kappa shape index (κ1) is 18.5. The number of ketones is 1. The van der Waals surface area contributed by atoms with Gasteiger partial charge in [0.25, 0.3) is 0 Å². The topological polar surface area (TPSA) is 81.2 Å². The number of amides is 2. The van der Waals surface area contributed by atoms with Crippen molar-refractivity contribution < 1.29 is 19.5 Å². The fraction of sp³-hybridized carbons (Fsp3) is 0.438. The molecule has 0 radical (unpaired) electrons. The molecular weight excluding hydrogens is 298 g/mol. The Morgan fingerprint density at radius 3 is 1.91 bits per heavy atom. The molecule has 23 heavy (non-hydrogen) atoms. The number of anilines is 1. The smallest absolute Gasteiger partial charge is 0.407 e. The third-order valence-electron chi connectivity index (χ3n) is 3.40. The van der Waals surface area contributed by atoms with Crippen LogP contribution in [0, 0.1) is 0 Å². The van der Waals surface area contributed by atoms with Gasteiger partial charge >= 0.3 is 6.09 Å². The van der Waals surface area contributed by atoms with Crippen LogP contribution in [0.25, 0.3) is 0 Å². The normalized spacial score (nSPS) is 13.7. The summed E-state index contributed by atoms with van der Waals surface area (Å²) in [5.74, 6) is 0.0530. The highest BCUT2D eigenvalue weighted by Crippen LogP contribution is 2.17. The largest absolute Gasteiger partial charge is 0.465 e. The molecule has 0 saturated carbocycles. The fourth-order valence-corrected chi connectivity index (χ4v) is 2.06. The van der Waals surface area contributed by atoms with Gasteiger partial charge in [-0.25, -0.2) is 4.79 Å². The zero-order chi connectivity index (χ0) is 17.4. The van der Waals surface area contributed by atoms with Crippen LogP contribution in [0.1, 0.15) is 17.3 Å². The Labute approximate surface area is 136 Å². The van der Waals surface area contributed by atoms with Crippen molar-refractivity contribution in [2.75, 3.05) is 45.2 Å². The molecule has 1 aliphatic rings. The second-order valence-corrected chi connectivity index (χ2v) is 5.43. The van der Waals surface area contributed by atoms with Gasteiger partial charge in [0.1, 0.15) is 0 Å². The summed E-state index contributed by atoms with van der Waals surface area (Å²) in [7, 11) is 3.38. The van der Waals surface area contributed by atoms with E-state index in [2.05, 4.69) is 4.90 Å². The Morgan fingerprint density at radius 2 is 1.57 bits per heavy atom. The van der Waals surface area contributed by atoms with Gasteiger partial charge < -0.3 is 19.8 Å². The zero-order valence-corrected chi connectivity index (χ0v) is 13.7. The lowest BCUT2D eigenvalue weighted by molar-refractivity contribution is -0.115. The van der Waals surface area contributed by atoms with Crippen molar-refractivity contribution in [1.29, 1.82) is 0 Å². The lowest BCUT2D eigenvalue weighted by Crippen LogP contribution is -2.48. The first-order valence-corrected chi connectivity index (χ1v) is 7.30. The molecule has 0 aromatic heterocycles. The van der Waals surface area contributed by atoms with Crippen molar-refractivity contribution in [2.24, 2.45) is 0 Å². The number of hydrogen-bond donors (Lipinski definition) is 1. The summed E-state index contributed by atoms with van der Waals surface area (Å²) in [6.07, 6.45) is -0.110. The van der Waals surface area contributed by atoms with E-state index in [9.17, 15) is 14.4 Å². The maximum atomic E-state index is 11.2. The Bertz CT molecular complexity index is 535. The molecule has 0 aliphatic carbocycles. The van der Waals surface area contributed by atoms with E-state index in [1.807, 2.05) is 12.1 Å². The summed E-state index contributed by atoms with van der Waals surface area (Å²) in [6, 6.07) is 7.43. The van der Waals surface area contributed by atoms with Gasteiger partial charge in [0.05, 0.1) is 0 Å². The Kier molecular flexibility index (Phi) is 7.05. The van der Waals surface area contributed by atoms with Gasteiger partial charge in [-0.3, -0.25) is 9.59 Å². The molecule has 1 aromatic carbocycles. The fourth-order valence-electron chi connectivity index (χ4n) is 2.06. The third-order valence-corrected chi connectivity index (χ3v) is 3.40. The molecule has 1 fully saturated rings. The summed E-state index contributed by atoms with van der Waals surface area (Å²) in [5, 5.41) is 8.86. The van der Waals surface area contributed by atoms with Crippen LogP contribution in [-0.2, 0) is 4.79 Å². The molecule has 2 amide bonds. The number of carboxylic acid groups (broad SMARTS) is 1. The van der Waals surface area contributed by atoms with Crippen molar-refractivity contribution in [1.82, 2.24) is 9.80 Å². The molecule has 0 unspecified atom stereocenters. The summed E-state index contributed by atoms with van der Waals surface area (Å²) in [5.41, 5.74) is 1.73. The standard InChI is InChI=1S/C13H16N2O3.C3H7NO/c1-10(16)11-2-4-12(5-3-11)14-6-8-15(9-7-14)13(17)18;1-4(2)3-5/h2-5H,6-9H2,1H3,(H,17,18);3H,1-2H3. The van der Waals surface area contributed by atoms with Crippen molar-refractivity contribution in [3.05, 3.63) is 29.8 Å². The van der Waals surface area contributed by atoms with Crippen LogP contribution in [-0.4, -0.2) is 73.5 Å². The number of carbonyl (C=O) groups excluding carboxylic acids is 2. The molecule has 1 N–H and O–H groups in total.